The highest BCUT2D eigenvalue weighted by atomic mass is 16.6. The summed E-state index contributed by atoms with van der Waals surface area (Å²) in [6, 6.07) is 30.3. The van der Waals surface area contributed by atoms with Gasteiger partial charge in [-0.2, -0.15) is 0 Å². The summed E-state index contributed by atoms with van der Waals surface area (Å²) in [6.07, 6.45) is 2.41. The molecule has 0 heterocycles. The molecule has 3 rings (SSSR count). The molecule has 154 valence electrons. The minimum absolute atomic E-state index is 0.212. The molecule has 0 unspecified atom stereocenters. The number of amides is 1. The smallest absolute Gasteiger partial charge is 0.408 e. The van der Waals surface area contributed by atoms with Crippen molar-refractivity contribution in [1.82, 2.24) is 5.32 Å². The summed E-state index contributed by atoms with van der Waals surface area (Å²) in [6.45, 7) is 5.61. The highest BCUT2D eigenvalue weighted by Gasteiger charge is 2.22. The largest absolute Gasteiger partial charge is 0.444 e. The van der Waals surface area contributed by atoms with Crippen LogP contribution in [0.5, 0.6) is 0 Å². The predicted octanol–water partition coefficient (Wildman–Crippen LogP) is 6.88. The number of carbonyl (C=O) groups excluding carboxylic acids is 1. The number of hydrogen-bond acceptors (Lipinski definition) is 2. The predicted molar refractivity (Wildman–Crippen MR) is 124 cm³/mol. The van der Waals surface area contributed by atoms with Crippen molar-refractivity contribution in [3.63, 3.8) is 0 Å². The highest BCUT2D eigenvalue weighted by molar-refractivity contribution is 5.82. The topological polar surface area (TPSA) is 38.3 Å². The Labute approximate surface area is 179 Å². The zero-order valence-corrected chi connectivity index (χ0v) is 17.8. The van der Waals surface area contributed by atoms with Crippen LogP contribution in [0.15, 0.2) is 91.0 Å². The number of ether oxygens (including phenoxy) is 1. The van der Waals surface area contributed by atoms with Crippen molar-refractivity contribution >= 4 is 17.7 Å². The molecule has 0 bridgehead atoms. The van der Waals surface area contributed by atoms with Gasteiger partial charge in [-0.25, -0.2) is 4.79 Å². The van der Waals surface area contributed by atoms with Crippen LogP contribution in [-0.2, 0) is 4.74 Å². The molecule has 1 amide bonds. The van der Waals surface area contributed by atoms with Gasteiger partial charge in [0.25, 0.3) is 0 Å². The van der Waals surface area contributed by atoms with Crippen molar-refractivity contribution in [2.24, 2.45) is 0 Å². The fourth-order valence-corrected chi connectivity index (χ4v) is 3.27. The van der Waals surface area contributed by atoms with E-state index >= 15 is 0 Å². The summed E-state index contributed by atoms with van der Waals surface area (Å²) < 4.78 is 5.53. The first-order valence-electron chi connectivity index (χ1n) is 10.3. The molecular weight excluding hydrogens is 370 g/mol. The Balaban J connectivity index is 1.94. The van der Waals surface area contributed by atoms with Crippen molar-refractivity contribution in [1.29, 1.82) is 0 Å². The molecule has 3 nitrogen and oxygen atoms in total. The van der Waals surface area contributed by atoms with Crippen LogP contribution in [0.1, 0.15) is 49.9 Å². The minimum Gasteiger partial charge on any atom is -0.444 e. The minimum atomic E-state index is -0.548. The van der Waals surface area contributed by atoms with E-state index in [0.717, 1.165) is 22.3 Å². The number of alkyl carbamates (subject to hydrolysis) is 1. The molecule has 0 spiro atoms. The Bertz CT molecular complexity index is 958. The molecule has 0 aliphatic carbocycles. The molecule has 1 N–H and O–H groups in total. The lowest BCUT2D eigenvalue weighted by atomic mass is 9.93. The second kappa shape index (κ2) is 9.93. The van der Waals surface area contributed by atoms with Crippen molar-refractivity contribution in [2.75, 3.05) is 0 Å². The lowest BCUT2D eigenvalue weighted by Crippen LogP contribution is -2.35. The maximum atomic E-state index is 12.6. The number of benzene rings is 3. The van der Waals surface area contributed by atoms with Gasteiger partial charge in [-0.05, 0) is 49.5 Å². The Hall–Kier alpha value is -3.33. The van der Waals surface area contributed by atoms with Gasteiger partial charge in [0.15, 0.2) is 0 Å². The summed E-state index contributed by atoms with van der Waals surface area (Å²) in [7, 11) is 0. The van der Waals surface area contributed by atoms with E-state index in [2.05, 4.69) is 35.7 Å². The highest BCUT2D eigenvalue weighted by Crippen LogP contribution is 2.30. The first-order valence-corrected chi connectivity index (χ1v) is 10.3. The Kier molecular flexibility index (Phi) is 7.08. The number of rotatable bonds is 6. The third-order valence-electron chi connectivity index (χ3n) is 4.60. The molecule has 0 radical (unpaired) electrons. The van der Waals surface area contributed by atoms with Crippen LogP contribution in [0.25, 0.3) is 11.6 Å². The molecule has 0 aromatic heterocycles. The van der Waals surface area contributed by atoms with Crippen molar-refractivity contribution in [3.05, 3.63) is 108 Å². The first kappa shape index (κ1) is 21.4. The van der Waals surface area contributed by atoms with Crippen molar-refractivity contribution in [3.8, 4) is 0 Å². The van der Waals surface area contributed by atoms with E-state index < -0.39 is 11.7 Å². The van der Waals surface area contributed by atoms with Crippen LogP contribution in [-0.4, -0.2) is 11.7 Å². The van der Waals surface area contributed by atoms with Gasteiger partial charge in [-0.15, -0.1) is 0 Å². The fourth-order valence-electron chi connectivity index (χ4n) is 3.27. The summed E-state index contributed by atoms with van der Waals surface area (Å²) in [5.74, 6) is 0. The maximum Gasteiger partial charge on any atom is 0.408 e. The van der Waals surface area contributed by atoms with Crippen LogP contribution in [0.3, 0.4) is 0 Å². The third-order valence-corrected chi connectivity index (χ3v) is 4.60. The summed E-state index contributed by atoms with van der Waals surface area (Å²) in [5, 5.41) is 3.07. The molecule has 3 heteroatoms. The normalized spacial score (nSPS) is 12.8. The van der Waals surface area contributed by atoms with Crippen LogP contribution in [0.4, 0.5) is 4.79 Å². The van der Waals surface area contributed by atoms with Gasteiger partial charge in [0, 0.05) is 0 Å². The Morgan fingerprint density at radius 3 is 1.97 bits per heavy atom. The Morgan fingerprint density at radius 1 is 0.867 bits per heavy atom. The van der Waals surface area contributed by atoms with Crippen LogP contribution in [0.2, 0.25) is 0 Å². The second-order valence-electron chi connectivity index (χ2n) is 8.26. The lowest BCUT2D eigenvalue weighted by molar-refractivity contribution is 0.0504. The molecule has 3 aromatic carbocycles. The number of nitrogens with one attached hydrogen (secondary N) is 1. The Morgan fingerprint density at radius 2 is 1.40 bits per heavy atom. The van der Waals surface area contributed by atoms with E-state index in [1.54, 1.807) is 0 Å². The molecule has 0 saturated carbocycles. The van der Waals surface area contributed by atoms with Crippen LogP contribution >= 0.6 is 0 Å². The van der Waals surface area contributed by atoms with Gasteiger partial charge in [-0.3, -0.25) is 0 Å². The molecule has 3 aromatic rings. The van der Waals surface area contributed by atoms with Crippen LogP contribution < -0.4 is 5.32 Å². The SMILES string of the molecule is CC(C)(C)OC(=O)N[C@H](C/C(=C\c1ccccc1)c1ccccc1)c1ccccc1. The molecule has 0 aliphatic heterocycles. The van der Waals surface area contributed by atoms with E-state index in [1.807, 2.05) is 87.5 Å². The van der Waals surface area contributed by atoms with E-state index in [4.69, 9.17) is 4.74 Å². The second-order valence-corrected chi connectivity index (χ2v) is 8.26. The van der Waals surface area contributed by atoms with E-state index in [9.17, 15) is 4.79 Å². The lowest BCUT2D eigenvalue weighted by Gasteiger charge is -2.25. The first-order chi connectivity index (χ1) is 14.4. The monoisotopic (exact) mass is 399 g/mol. The van der Waals surface area contributed by atoms with E-state index in [-0.39, 0.29) is 6.04 Å². The third kappa shape index (κ3) is 6.63. The molecule has 30 heavy (non-hydrogen) atoms. The molecule has 1 atom stereocenters. The quantitative estimate of drug-likeness (QED) is 0.459. The average molecular weight is 400 g/mol. The van der Waals surface area contributed by atoms with E-state index in [1.165, 1.54) is 0 Å². The summed E-state index contributed by atoms with van der Waals surface area (Å²) >= 11 is 0. The summed E-state index contributed by atoms with van der Waals surface area (Å²) in [5.41, 5.74) is 3.90. The maximum absolute atomic E-state index is 12.6. The average Bonchev–Trinajstić information content (AvgIpc) is 2.73. The van der Waals surface area contributed by atoms with Crippen molar-refractivity contribution < 1.29 is 9.53 Å². The van der Waals surface area contributed by atoms with Gasteiger partial charge in [0.05, 0.1) is 6.04 Å². The summed E-state index contributed by atoms with van der Waals surface area (Å²) in [4.78, 5) is 12.6. The molecule has 0 aliphatic rings. The number of hydrogen-bond donors (Lipinski definition) is 1. The van der Waals surface area contributed by atoms with Gasteiger partial charge in [0.2, 0.25) is 0 Å². The zero-order valence-electron chi connectivity index (χ0n) is 17.8. The van der Waals surface area contributed by atoms with Gasteiger partial charge in [0.1, 0.15) is 5.60 Å². The van der Waals surface area contributed by atoms with Gasteiger partial charge < -0.3 is 10.1 Å². The van der Waals surface area contributed by atoms with Crippen molar-refractivity contribution in [2.45, 2.75) is 38.8 Å². The van der Waals surface area contributed by atoms with Crippen LogP contribution in [0, 0.1) is 0 Å². The molecular formula is C27H29NO2. The number of carbonyl (C=O) groups is 1. The molecule has 0 saturated heterocycles. The fraction of sp³-hybridized carbons (Fsp3) is 0.222. The standard InChI is InChI=1S/C27H29NO2/c1-27(2,3)30-26(29)28-25(23-17-11-6-12-18-23)20-24(22-15-9-5-10-16-22)19-21-13-7-4-8-14-21/h4-19,25H,20H2,1-3H3,(H,28,29)/b24-19+/t25-/m1/s1. The van der Waals surface area contributed by atoms with Gasteiger partial charge >= 0.3 is 6.09 Å². The van der Waals surface area contributed by atoms with Gasteiger partial charge in [-0.1, -0.05) is 97.1 Å². The zero-order chi connectivity index (χ0) is 21.4. The van der Waals surface area contributed by atoms with E-state index in [0.29, 0.717) is 6.42 Å². The molecule has 0 fully saturated rings.